The van der Waals surface area contributed by atoms with E-state index in [0.717, 1.165) is 28.6 Å². The molecule has 2 aliphatic heterocycles. The lowest BCUT2D eigenvalue weighted by Crippen LogP contribution is -2.60. The van der Waals surface area contributed by atoms with Crippen LogP contribution in [-0.4, -0.2) is 6.71 Å². The zero-order valence-corrected chi connectivity index (χ0v) is 43.3. The molecule has 10 rings (SSSR count). The molecule has 0 saturated heterocycles. The number of anilines is 6. The Kier molecular flexibility index (Phi) is 10.3. The second-order valence-corrected chi connectivity index (χ2v) is 25.5. The molecule has 0 radical (unpaired) electrons. The minimum absolute atomic E-state index is 0.0149. The molecule has 0 aliphatic carbocycles. The standard InChI is InChI=1S/C62H67BN2OS/c1-58(2,3)38-20-26-43(27-21-38)64(44-28-22-39(23-29-44)59(4,5)6)45-36-47-46-18-16-17-19-55(46)67-57(47)52(37-45)65-50-30-24-40(60(7,8)9)32-48(50)63-49-33-41(61(10,11)12)25-31-53(49)66-54-35-42(62(13,14)15)34-51(65)56(54)63/h16-37H,1-15H3. The van der Waals surface area contributed by atoms with Gasteiger partial charge in [0.25, 0.3) is 6.71 Å². The van der Waals surface area contributed by atoms with E-state index in [2.05, 4.69) is 247 Å². The molecule has 67 heavy (non-hydrogen) atoms. The van der Waals surface area contributed by atoms with Crippen molar-refractivity contribution < 1.29 is 4.74 Å². The van der Waals surface area contributed by atoms with Gasteiger partial charge in [-0.05, 0) is 138 Å². The zero-order chi connectivity index (χ0) is 47.7. The molecule has 0 N–H and O–H groups in total. The lowest BCUT2D eigenvalue weighted by atomic mass is 9.33. The predicted molar refractivity (Wildman–Crippen MR) is 293 cm³/mol. The van der Waals surface area contributed by atoms with Gasteiger partial charge < -0.3 is 14.5 Å². The van der Waals surface area contributed by atoms with Crippen LogP contribution >= 0.6 is 11.3 Å². The number of nitrogens with zero attached hydrogens (tertiary/aromatic N) is 2. The Morgan fingerprint density at radius 1 is 0.418 bits per heavy atom. The van der Waals surface area contributed by atoms with Crippen LogP contribution < -0.4 is 30.9 Å². The molecule has 0 bridgehead atoms. The van der Waals surface area contributed by atoms with Crippen LogP contribution in [0.25, 0.3) is 20.2 Å². The quantitative estimate of drug-likeness (QED) is 0.164. The van der Waals surface area contributed by atoms with Crippen molar-refractivity contribution in [2.45, 2.75) is 131 Å². The minimum Gasteiger partial charge on any atom is -0.458 e. The highest BCUT2D eigenvalue weighted by molar-refractivity contribution is 7.26. The first kappa shape index (κ1) is 45.0. The summed E-state index contributed by atoms with van der Waals surface area (Å²) in [5, 5.41) is 2.52. The van der Waals surface area contributed by atoms with Gasteiger partial charge in [-0.1, -0.05) is 171 Å². The molecule has 0 spiro atoms. The molecule has 0 saturated carbocycles. The van der Waals surface area contributed by atoms with E-state index in [-0.39, 0.29) is 33.8 Å². The molecule has 0 fully saturated rings. The third-order valence-corrected chi connectivity index (χ3v) is 15.5. The predicted octanol–water partition coefficient (Wildman–Crippen LogP) is 16.4. The third-order valence-electron chi connectivity index (χ3n) is 14.3. The molecule has 2 aliphatic rings. The molecular formula is C62H67BN2OS. The number of ether oxygens (including phenoxy) is 1. The number of hydrogen-bond acceptors (Lipinski definition) is 4. The number of thiophene rings is 1. The van der Waals surface area contributed by atoms with Gasteiger partial charge in [-0.3, -0.25) is 0 Å². The molecule has 340 valence electrons. The summed E-state index contributed by atoms with van der Waals surface area (Å²) in [6, 6.07) is 51.4. The van der Waals surface area contributed by atoms with Crippen LogP contribution in [0.5, 0.6) is 11.5 Å². The van der Waals surface area contributed by atoms with Crippen LogP contribution in [0.1, 0.15) is 132 Å². The first-order chi connectivity index (χ1) is 31.4. The van der Waals surface area contributed by atoms with Crippen LogP contribution in [0, 0.1) is 0 Å². The monoisotopic (exact) mass is 899 g/mol. The van der Waals surface area contributed by atoms with Gasteiger partial charge in [-0.2, -0.15) is 0 Å². The Bertz CT molecular complexity index is 3170. The third kappa shape index (κ3) is 7.85. The van der Waals surface area contributed by atoms with Crippen molar-refractivity contribution in [3.63, 3.8) is 0 Å². The molecule has 3 nitrogen and oxygen atoms in total. The highest BCUT2D eigenvalue weighted by atomic mass is 32.1. The Hall–Kier alpha value is -5.78. The first-order valence-corrected chi connectivity index (χ1v) is 25.1. The van der Waals surface area contributed by atoms with E-state index in [9.17, 15) is 0 Å². The summed E-state index contributed by atoms with van der Waals surface area (Å²) in [5.74, 6) is 1.89. The van der Waals surface area contributed by atoms with Gasteiger partial charge >= 0.3 is 0 Å². The van der Waals surface area contributed by atoms with Crippen LogP contribution in [-0.2, 0) is 27.1 Å². The van der Waals surface area contributed by atoms with E-state index >= 15 is 0 Å². The highest BCUT2D eigenvalue weighted by Crippen LogP contribution is 2.51. The maximum Gasteiger partial charge on any atom is 0.256 e. The van der Waals surface area contributed by atoms with Gasteiger partial charge in [0.05, 0.1) is 10.4 Å². The van der Waals surface area contributed by atoms with E-state index in [1.165, 1.54) is 81.4 Å². The average molecular weight is 899 g/mol. The highest BCUT2D eigenvalue weighted by Gasteiger charge is 2.44. The largest absolute Gasteiger partial charge is 0.458 e. The summed E-state index contributed by atoms with van der Waals surface area (Å²) < 4.78 is 9.72. The van der Waals surface area contributed by atoms with Gasteiger partial charge in [0.2, 0.25) is 0 Å². The molecule has 8 aromatic rings. The summed E-state index contributed by atoms with van der Waals surface area (Å²) in [6.07, 6.45) is 0. The van der Waals surface area contributed by atoms with E-state index in [1.54, 1.807) is 0 Å². The van der Waals surface area contributed by atoms with Crippen molar-refractivity contribution in [2.24, 2.45) is 0 Å². The second-order valence-electron chi connectivity index (χ2n) is 24.4. The van der Waals surface area contributed by atoms with Gasteiger partial charge in [-0.15, -0.1) is 11.3 Å². The molecule has 3 heterocycles. The second kappa shape index (κ2) is 15.4. The van der Waals surface area contributed by atoms with E-state index in [1.807, 2.05) is 11.3 Å². The molecule has 7 aromatic carbocycles. The van der Waals surface area contributed by atoms with Crippen molar-refractivity contribution in [1.29, 1.82) is 0 Å². The smallest absolute Gasteiger partial charge is 0.256 e. The summed E-state index contributed by atoms with van der Waals surface area (Å²) in [6.45, 7) is 34.6. The van der Waals surface area contributed by atoms with Gasteiger partial charge in [0, 0.05) is 43.9 Å². The normalized spacial score (nSPS) is 14.0. The van der Waals surface area contributed by atoms with E-state index in [0.29, 0.717) is 0 Å². The molecule has 1 aromatic heterocycles. The lowest BCUT2D eigenvalue weighted by molar-refractivity contribution is 0.482. The Morgan fingerprint density at radius 3 is 1.51 bits per heavy atom. The van der Waals surface area contributed by atoms with Gasteiger partial charge in [0.1, 0.15) is 11.5 Å². The summed E-state index contributed by atoms with van der Waals surface area (Å²) in [4.78, 5) is 5.08. The summed E-state index contributed by atoms with van der Waals surface area (Å²) in [7, 11) is 0. The topological polar surface area (TPSA) is 15.7 Å². The zero-order valence-electron chi connectivity index (χ0n) is 42.5. The van der Waals surface area contributed by atoms with Gasteiger partial charge in [0.15, 0.2) is 0 Å². The van der Waals surface area contributed by atoms with Crippen molar-refractivity contribution in [3.05, 3.63) is 161 Å². The molecule has 0 atom stereocenters. The lowest BCUT2D eigenvalue weighted by Gasteiger charge is -2.42. The van der Waals surface area contributed by atoms with Crippen LogP contribution in [0.4, 0.5) is 34.1 Å². The number of hydrogen-bond donors (Lipinski definition) is 0. The van der Waals surface area contributed by atoms with E-state index in [4.69, 9.17) is 4.74 Å². The van der Waals surface area contributed by atoms with Crippen molar-refractivity contribution in [2.75, 3.05) is 9.80 Å². The first-order valence-electron chi connectivity index (χ1n) is 24.3. The average Bonchev–Trinajstić information content (AvgIpc) is 3.63. The number of fused-ring (bicyclic) bond motifs is 7. The Labute approximate surface area is 404 Å². The maximum atomic E-state index is 7.17. The van der Waals surface area contributed by atoms with Crippen LogP contribution in [0.3, 0.4) is 0 Å². The SMILES string of the molecule is CC(C)(C)c1ccc(N(c2ccc(C(C)(C)C)cc2)c2cc(N3c4ccc(C(C)(C)C)cc4B4c5cc(C(C)(C)C)ccc5Oc5cc(C(C)(C)C)cc3c54)c3sc4ccccc4c3c2)cc1. The van der Waals surface area contributed by atoms with Crippen molar-refractivity contribution >= 4 is 88.7 Å². The fourth-order valence-electron chi connectivity index (χ4n) is 10.1. The number of benzene rings is 7. The molecular weight excluding hydrogens is 832 g/mol. The molecule has 5 heteroatoms. The summed E-state index contributed by atoms with van der Waals surface area (Å²) in [5.41, 5.74) is 17.1. The van der Waals surface area contributed by atoms with Crippen LogP contribution in [0.15, 0.2) is 133 Å². The fraction of sp³-hybridized carbons (Fsp3) is 0.323. The number of rotatable bonds is 4. The molecule has 0 amide bonds. The fourth-order valence-corrected chi connectivity index (χ4v) is 11.3. The van der Waals surface area contributed by atoms with Crippen molar-refractivity contribution in [3.8, 4) is 11.5 Å². The Balaban J connectivity index is 1.31. The minimum atomic E-state index is -0.132. The Morgan fingerprint density at radius 2 is 0.940 bits per heavy atom. The van der Waals surface area contributed by atoms with Crippen molar-refractivity contribution in [1.82, 2.24) is 0 Å². The van der Waals surface area contributed by atoms with Gasteiger partial charge in [-0.25, -0.2) is 0 Å². The molecule has 0 unspecified atom stereocenters. The maximum absolute atomic E-state index is 7.17. The summed E-state index contributed by atoms with van der Waals surface area (Å²) >= 11 is 1.90. The van der Waals surface area contributed by atoms with E-state index < -0.39 is 0 Å². The van der Waals surface area contributed by atoms with Crippen LogP contribution in [0.2, 0.25) is 0 Å².